The van der Waals surface area contributed by atoms with E-state index in [4.69, 9.17) is 4.74 Å². The molecule has 1 unspecified atom stereocenters. The fourth-order valence-corrected chi connectivity index (χ4v) is 4.11. The van der Waals surface area contributed by atoms with Crippen molar-refractivity contribution < 1.29 is 24.2 Å². The number of anilines is 1. The first-order valence-corrected chi connectivity index (χ1v) is 9.59. The molecule has 0 saturated heterocycles. The molecule has 3 rings (SSSR count). The molecular weight excluding hydrogens is 370 g/mol. The number of nitrogens with zero attached hydrogens (tertiary/aromatic N) is 1. The highest BCUT2D eigenvalue weighted by Gasteiger charge is 2.51. The number of ether oxygens (including phenoxy) is 1. The van der Waals surface area contributed by atoms with Gasteiger partial charge in [-0.2, -0.15) is 0 Å². The Bertz CT molecular complexity index is 974. The van der Waals surface area contributed by atoms with E-state index in [1.54, 1.807) is 31.2 Å². The Morgan fingerprint density at radius 1 is 1.10 bits per heavy atom. The maximum Gasteiger partial charge on any atom is 0.326 e. The summed E-state index contributed by atoms with van der Waals surface area (Å²) in [7, 11) is 0. The van der Waals surface area contributed by atoms with Gasteiger partial charge in [0.1, 0.15) is 6.54 Å². The number of fused-ring (bicyclic) bond motifs is 1. The van der Waals surface area contributed by atoms with Crippen molar-refractivity contribution in [3.05, 3.63) is 64.2 Å². The number of hydrogen-bond acceptors (Lipinski definition) is 5. The Kier molecular flexibility index (Phi) is 5.57. The van der Waals surface area contributed by atoms with Crippen LogP contribution in [0.5, 0.6) is 0 Å². The minimum absolute atomic E-state index is 0.192. The average molecular weight is 395 g/mol. The molecule has 0 spiro atoms. The Balaban J connectivity index is 1.98. The van der Waals surface area contributed by atoms with Crippen molar-refractivity contribution in [2.45, 2.75) is 39.7 Å². The first-order chi connectivity index (χ1) is 13.7. The zero-order chi connectivity index (χ0) is 21.3. The lowest BCUT2D eigenvalue weighted by molar-refractivity contribution is -0.144. The second-order valence-electron chi connectivity index (χ2n) is 7.45. The predicted octanol–water partition coefficient (Wildman–Crippen LogP) is 2.98. The molecule has 2 aromatic carbocycles. The van der Waals surface area contributed by atoms with E-state index in [-0.39, 0.29) is 18.9 Å². The highest BCUT2D eigenvalue weighted by molar-refractivity contribution is 6.12. The minimum atomic E-state index is -2.02. The van der Waals surface area contributed by atoms with Crippen LogP contribution in [0.3, 0.4) is 0 Å². The van der Waals surface area contributed by atoms with Gasteiger partial charge >= 0.3 is 5.97 Å². The van der Waals surface area contributed by atoms with Crippen molar-refractivity contribution in [1.82, 2.24) is 0 Å². The minimum Gasteiger partial charge on any atom is -0.465 e. The number of benzene rings is 2. The molecule has 6 heteroatoms. The summed E-state index contributed by atoms with van der Waals surface area (Å²) in [4.78, 5) is 39.4. The van der Waals surface area contributed by atoms with Gasteiger partial charge in [0, 0.05) is 11.1 Å². The summed E-state index contributed by atoms with van der Waals surface area (Å²) < 4.78 is 4.95. The molecule has 0 aromatic heterocycles. The molecule has 0 radical (unpaired) electrons. The van der Waals surface area contributed by atoms with E-state index in [2.05, 4.69) is 0 Å². The first-order valence-electron chi connectivity index (χ1n) is 9.59. The van der Waals surface area contributed by atoms with Crippen molar-refractivity contribution in [3.63, 3.8) is 0 Å². The van der Waals surface area contributed by atoms with Gasteiger partial charge in [0.25, 0.3) is 5.91 Å². The van der Waals surface area contributed by atoms with E-state index in [0.717, 1.165) is 16.7 Å². The smallest absolute Gasteiger partial charge is 0.326 e. The predicted molar refractivity (Wildman–Crippen MR) is 109 cm³/mol. The van der Waals surface area contributed by atoms with Crippen LogP contribution in [0.15, 0.2) is 36.4 Å². The second kappa shape index (κ2) is 7.79. The number of carbonyl (C=O) groups excluding carboxylic acids is 3. The van der Waals surface area contributed by atoms with E-state index >= 15 is 0 Å². The lowest BCUT2D eigenvalue weighted by Crippen LogP contribution is -2.44. The van der Waals surface area contributed by atoms with Crippen molar-refractivity contribution in [3.8, 4) is 0 Å². The molecule has 152 valence electrons. The van der Waals surface area contributed by atoms with Crippen LogP contribution in [0.1, 0.15) is 46.0 Å². The van der Waals surface area contributed by atoms with Crippen LogP contribution >= 0.6 is 0 Å². The Hall–Kier alpha value is -2.99. The molecule has 0 bridgehead atoms. The molecule has 2 aromatic rings. The van der Waals surface area contributed by atoms with Crippen LogP contribution in [0.2, 0.25) is 0 Å². The quantitative estimate of drug-likeness (QED) is 0.600. The SMILES string of the molecule is CCOC(=O)CN1C(=O)C(O)(CC(=O)c2c(C)cc(C)cc2C)c2ccccc21. The third-order valence-corrected chi connectivity index (χ3v) is 5.20. The number of esters is 1. The van der Waals surface area contributed by atoms with Crippen LogP contribution in [-0.2, 0) is 19.9 Å². The molecular formula is C23H25NO5. The number of rotatable bonds is 6. The molecule has 1 N–H and O–H groups in total. The van der Waals surface area contributed by atoms with Crippen LogP contribution < -0.4 is 4.90 Å². The van der Waals surface area contributed by atoms with Crippen molar-refractivity contribution in [1.29, 1.82) is 0 Å². The Morgan fingerprint density at radius 2 is 1.72 bits per heavy atom. The summed E-state index contributed by atoms with van der Waals surface area (Å²) in [5, 5.41) is 11.3. The third kappa shape index (κ3) is 3.68. The first kappa shape index (κ1) is 20.7. The molecule has 0 saturated carbocycles. The third-order valence-electron chi connectivity index (χ3n) is 5.20. The summed E-state index contributed by atoms with van der Waals surface area (Å²) in [6.07, 6.45) is -0.396. The van der Waals surface area contributed by atoms with Gasteiger partial charge in [0.15, 0.2) is 11.4 Å². The van der Waals surface area contributed by atoms with Gasteiger partial charge < -0.3 is 9.84 Å². The van der Waals surface area contributed by atoms with E-state index < -0.39 is 23.9 Å². The summed E-state index contributed by atoms with van der Waals surface area (Å²) in [5.41, 5.74) is 1.88. The van der Waals surface area contributed by atoms with Gasteiger partial charge in [0.05, 0.1) is 18.7 Å². The molecule has 1 aliphatic rings. The van der Waals surface area contributed by atoms with Gasteiger partial charge in [-0.25, -0.2) is 0 Å². The van der Waals surface area contributed by atoms with E-state index in [1.165, 1.54) is 4.90 Å². The Labute approximate surface area is 170 Å². The van der Waals surface area contributed by atoms with E-state index in [1.807, 2.05) is 32.9 Å². The molecule has 1 atom stereocenters. The molecule has 1 aliphatic heterocycles. The van der Waals surface area contributed by atoms with Crippen molar-refractivity contribution >= 4 is 23.3 Å². The van der Waals surface area contributed by atoms with E-state index in [0.29, 0.717) is 16.8 Å². The maximum atomic E-state index is 13.1. The van der Waals surface area contributed by atoms with Crippen LogP contribution in [0, 0.1) is 20.8 Å². The fraction of sp³-hybridized carbons (Fsp3) is 0.348. The van der Waals surface area contributed by atoms with Crippen molar-refractivity contribution in [2.24, 2.45) is 0 Å². The summed E-state index contributed by atoms with van der Waals surface area (Å²) in [6, 6.07) is 10.5. The number of aliphatic hydroxyl groups is 1. The molecule has 29 heavy (non-hydrogen) atoms. The summed E-state index contributed by atoms with van der Waals surface area (Å²) in [5.74, 6) is -1.58. The van der Waals surface area contributed by atoms with Crippen LogP contribution in [-0.4, -0.2) is 35.9 Å². The number of hydrogen-bond donors (Lipinski definition) is 1. The van der Waals surface area contributed by atoms with Gasteiger partial charge in [-0.05, 0) is 44.9 Å². The molecule has 0 fully saturated rings. The highest BCUT2D eigenvalue weighted by atomic mass is 16.5. The zero-order valence-corrected chi connectivity index (χ0v) is 17.1. The van der Waals surface area contributed by atoms with Crippen LogP contribution in [0.4, 0.5) is 5.69 Å². The number of para-hydroxylation sites is 1. The fourth-order valence-electron chi connectivity index (χ4n) is 4.11. The second-order valence-corrected chi connectivity index (χ2v) is 7.45. The molecule has 1 heterocycles. The Morgan fingerprint density at radius 3 is 2.34 bits per heavy atom. The van der Waals surface area contributed by atoms with Gasteiger partial charge in [-0.15, -0.1) is 0 Å². The normalized spacial score (nSPS) is 18.0. The van der Waals surface area contributed by atoms with Gasteiger partial charge in [0.2, 0.25) is 0 Å². The van der Waals surface area contributed by atoms with Gasteiger partial charge in [-0.1, -0.05) is 35.9 Å². The lowest BCUT2D eigenvalue weighted by Gasteiger charge is -2.23. The standard InChI is InChI=1S/C23H25NO5/c1-5-29-20(26)13-24-18-9-7-6-8-17(18)23(28,22(24)27)12-19(25)21-15(3)10-14(2)11-16(21)4/h6-11,28H,5,12-13H2,1-4H3. The zero-order valence-electron chi connectivity index (χ0n) is 17.1. The van der Waals surface area contributed by atoms with Crippen molar-refractivity contribution in [2.75, 3.05) is 18.1 Å². The topological polar surface area (TPSA) is 83.9 Å². The highest BCUT2D eigenvalue weighted by Crippen LogP contribution is 2.43. The monoisotopic (exact) mass is 395 g/mol. The van der Waals surface area contributed by atoms with Crippen LogP contribution in [0.25, 0.3) is 0 Å². The maximum absolute atomic E-state index is 13.1. The number of Topliss-reactive ketones (excluding diaryl/α,β-unsaturated/α-hetero) is 1. The average Bonchev–Trinajstić information content (AvgIpc) is 2.83. The molecule has 6 nitrogen and oxygen atoms in total. The number of carbonyl (C=O) groups is 3. The lowest BCUT2D eigenvalue weighted by atomic mass is 9.85. The molecule has 1 amide bonds. The van der Waals surface area contributed by atoms with Gasteiger partial charge in [-0.3, -0.25) is 19.3 Å². The van der Waals surface area contributed by atoms with E-state index in [9.17, 15) is 19.5 Å². The number of ketones is 1. The summed E-state index contributed by atoms with van der Waals surface area (Å²) >= 11 is 0. The largest absolute Gasteiger partial charge is 0.465 e. The summed E-state index contributed by atoms with van der Waals surface area (Å²) in [6.45, 7) is 7.19. The molecule has 0 aliphatic carbocycles. The number of amides is 1. The number of aryl methyl sites for hydroxylation is 3.